The first-order valence-electron chi connectivity index (χ1n) is 7.60. The van der Waals surface area contributed by atoms with Crippen LogP contribution in [-0.4, -0.2) is 19.7 Å². The van der Waals surface area contributed by atoms with Crippen molar-refractivity contribution >= 4 is 33.1 Å². The second-order valence-corrected chi connectivity index (χ2v) is 7.81. The van der Waals surface area contributed by atoms with E-state index in [0.717, 1.165) is 22.8 Å². The fourth-order valence-electron chi connectivity index (χ4n) is 2.91. The van der Waals surface area contributed by atoms with E-state index in [0.29, 0.717) is 0 Å². The Hall–Kier alpha value is -1.95. The van der Waals surface area contributed by atoms with Gasteiger partial charge >= 0.3 is 0 Å². The molecule has 0 spiro atoms. The van der Waals surface area contributed by atoms with Crippen LogP contribution in [0.4, 0.5) is 11.5 Å². The van der Waals surface area contributed by atoms with Gasteiger partial charge in [0.2, 0.25) is 0 Å². The normalized spacial score (nSPS) is 14.5. The van der Waals surface area contributed by atoms with Crippen molar-refractivity contribution < 1.29 is 0 Å². The van der Waals surface area contributed by atoms with Crippen LogP contribution in [0.15, 0.2) is 18.7 Å². The van der Waals surface area contributed by atoms with Crippen LogP contribution in [0.25, 0.3) is 10.2 Å². The number of rotatable bonds is 2. The lowest BCUT2D eigenvalue weighted by atomic mass is 10.1. The van der Waals surface area contributed by atoms with Crippen LogP contribution in [0.3, 0.4) is 0 Å². The van der Waals surface area contributed by atoms with E-state index >= 15 is 0 Å². The van der Waals surface area contributed by atoms with Crippen LogP contribution >= 0.6 is 11.3 Å². The van der Waals surface area contributed by atoms with E-state index < -0.39 is 0 Å². The number of hydrogen-bond donors (Lipinski definition) is 1. The van der Waals surface area contributed by atoms with Gasteiger partial charge in [0.25, 0.3) is 0 Å². The van der Waals surface area contributed by atoms with Gasteiger partial charge in [0.05, 0.1) is 22.8 Å². The molecule has 0 aromatic carbocycles. The molecule has 1 aliphatic carbocycles. The zero-order valence-corrected chi connectivity index (χ0v) is 13.9. The summed E-state index contributed by atoms with van der Waals surface area (Å²) >= 11 is 1.81. The molecular weight excluding hydrogens is 294 g/mol. The summed E-state index contributed by atoms with van der Waals surface area (Å²) in [5.41, 5.74) is 2.38. The molecular formula is C16H19N5S. The van der Waals surface area contributed by atoms with Crippen molar-refractivity contribution in [2.45, 2.75) is 45.6 Å². The van der Waals surface area contributed by atoms with Crippen LogP contribution in [0.1, 0.15) is 37.6 Å². The maximum atomic E-state index is 4.47. The smallest absolute Gasteiger partial charge is 0.142 e. The Balaban J connectivity index is 1.74. The topological polar surface area (TPSA) is 55.6 Å². The molecule has 5 nitrogen and oxygen atoms in total. The maximum Gasteiger partial charge on any atom is 0.142 e. The van der Waals surface area contributed by atoms with Crippen molar-refractivity contribution in [1.29, 1.82) is 0 Å². The minimum absolute atomic E-state index is 0.0233. The molecule has 0 radical (unpaired) electrons. The number of aromatic nitrogens is 4. The lowest BCUT2D eigenvalue weighted by molar-refractivity contribution is 0.355. The highest BCUT2D eigenvalue weighted by atomic mass is 32.1. The molecule has 1 aliphatic rings. The molecule has 0 amide bonds. The Morgan fingerprint density at radius 1 is 1.23 bits per heavy atom. The van der Waals surface area contributed by atoms with E-state index in [2.05, 4.69) is 41.2 Å². The minimum atomic E-state index is -0.0233. The summed E-state index contributed by atoms with van der Waals surface area (Å²) in [5.74, 6) is 0.901. The fourth-order valence-corrected chi connectivity index (χ4v) is 4.14. The van der Waals surface area contributed by atoms with Crippen molar-refractivity contribution in [2.24, 2.45) is 0 Å². The average molecular weight is 313 g/mol. The van der Waals surface area contributed by atoms with Gasteiger partial charge in [0.15, 0.2) is 0 Å². The molecule has 3 aromatic heterocycles. The van der Waals surface area contributed by atoms with E-state index in [-0.39, 0.29) is 5.54 Å². The van der Waals surface area contributed by atoms with Crippen LogP contribution in [-0.2, 0) is 18.4 Å². The van der Waals surface area contributed by atoms with Crippen molar-refractivity contribution in [1.82, 2.24) is 19.7 Å². The van der Waals surface area contributed by atoms with Gasteiger partial charge in [0.1, 0.15) is 17.0 Å². The minimum Gasteiger partial charge on any atom is -0.337 e. The Morgan fingerprint density at radius 3 is 2.86 bits per heavy atom. The summed E-state index contributed by atoms with van der Waals surface area (Å²) in [6, 6.07) is 0. The monoisotopic (exact) mass is 313 g/mol. The third kappa shape index (κ3) is 2.18. The number of nitrogens with zero attached hydrogens (tertiary/aromatic N) is 4. The molecule has 0 saturated carbocycles. The molecule has 3 heterocycles. The van der Waals surface area contributed by atoms with Crippen LogP contribution in [0.5, 0.6) is 0 Å². The van der Waals surface area contributed by atoms with Gasteiger partial charge < -0.3 is 5.32 Å². The van der Waals surface area contributed by atoms with E-state index in [4.69, 9.17) is 0 Å². The lowest BCUT2D eigenvalue weighted by Gasteiger charge is -2.18. The van der Waals surface area contributed by atoms with Crippen molar-refractivity contribution in [2.75, 3.05) is 5.32 Å². The molecule has 4 rings (SSSR count). The summed E-state index contributed by atoms with van der Waals surface area (Å²) in [7, 11) is 0. The zero-order valence-electron chi connectivity index (χ0n) is 13.1. The first-order valence-corrected chi connectivity index (χ1v) is 8.41. The molecule has 0 fully saturated rings. The number of aryl methyl sites for hydroxylation is 2. The predicted molar refractivity (Wildman–Crippen MR) is 89.9 cm³/mol. The number of anilines is 2. The van der Waals surface area contributed by atoms with Gasteiger partial charge in [-0.1, -0.05) is 0 Å². The average Bonchev–Trinajstić information content (AvgIpc) is 3.11. The second kappa shape index (κ2) is 4.78. The Bertz CT molecular complexity index is 840. The van der Waals surface area contributed by atoms with Crippen molar-refractivity contribution in [3.8, 4) is 0 Å². The summed E-state index contributed by atoms with van der Waals surface area (Å²) in [6.07, 6.45) is 9.08. The van der Waals surface area contributed by atoms with E-state index in [1.165, 1.54) is 28.7 Å². The molecule has 114 valence electrons. The fraction of sp³-hybridized carbons (Fsp3) is 0.438. The quantitative estimate of drug-likeness (QED) is 0.780. The summed E-state index contributed by atoms with van der Waals surface area (Å²) in [5, 5.41) is 9.06. The van der Waals surface area contributed by atoms with E-state index in [1.807, 2.05) is 28.4 Å². The highest BCUT2D eigenvalue weighted by Gasteiger charge is 2.21. The molecule has 22 heavy (non-hydrogen) atoms. The number of thiophene rings is 1. The van der Waals surface area contributed by atoms with Crippen molar-refractivity contribution in [3.05, 3.63) is 29.2 Å². The largest absolute Gasteiger partial charge is 0.337 e. The van der Waals surface area contributed by atoms with Gasteiger partial charge in [-0.25, -0.2) is 9.97 Å². The highest BCUT2D eigenvalue weighted by Crippen LogP contribution is 2.39. The van der Waals surface area contributed by atoms with Crippen molar-refractivity contribution in [3.63, 3.8) is 0 Å². The van der Waals surface area contributed by atoms with Crippen LogP contribution < -0.4 is 5.32 Å². The van der Waals surface area contributed by atoms with Gasteiger partial charge in [-0.3, -0.25) is 4.68 Å². The molecule has 1 N–H and O–H groups in total. The van der Waals surface area contributed by atoms with Gasteiger partial charge in [-0.05, 0) is 45.6 Å². The van der Waals surface area contributed by atoms with E-state index in [9.17, 15) is 0 Å². The summed E-state index contributed by atoms with van der Waals surface area (Å²) < 4.78 is 1.96. The summed E-state index contributed by atoms with van der Waals surface area (Å²) in [4.78, 5) is 11.5. The van der Waals surface area contributed by atoms with Crippen LogP contribution in [0.2, 0.25) is 0 Å². The van der Waals surface area contributed by atoms with Crippen LogP contribution in [0, 0.1) is 0 Å². The van der Waals surface area contributed by atoms with Gasteiger partial charge in [-0.2, -0.15) is 5.10 Å². The molecule has 0 bridgehead atoms. The third-order valence-electron chi connectivity index (χ3n) is 4.03. The van der Waals surface area contributed by atoms with Gasteiger partial charge in [0, 0.05) is 11.1 Å². The highest BCUT2D eigenvalue weighted by molar-refractivity contribution is 7.19. The Labute approximate surface area is 133 Å². The molecule has 0 saturated heterocycles. The number of hydrogen-bond acceptors (Lipinski definition) is 5. The number of fused-ring (bicyclic) bond motifs is 3. The number of nitrogens with one attached hydrogen (secondary N) is 1. The van der Waals surface area contributed by atoms with E-state index in [1.54, 1.807) is 6.33 Å². The first-order chi connectivity index (χ1) is 10.5. The first kappa shape index (κ1) is 13.7. The third-order valence-corrected chi connectivity index (χ3v) is 5.23. The predicted octanol–water partition coefficient (Wildman–Crippen LogP) is 3.88. The zero-order chi connectivity index (χ0) is 15.3. The molecule has 0 atom stereocenters. The standard InChI is InChI=1S/C16H19N5S/c1-16(2,3)21-8-10(7-19-21)20-14-13-11-5-4-6-12(11)22-15(13)18-9-17-14/h7-9H,4-6H2,1-3H3,(H,17,18,20). The summed E-state index contributed by atoms with van der Waals surface area (Å²) in [6.45, 7) is 6.41. The molecule has 6 heteroatoms. The Kier molecular flexibility index (Phi) is 2.97. The molecule has 0 unspecified atom stereocenters. The lowest BCUT2D eigenvalue weighted by Crippen LogP contribution is -2.21. The molecule has 0 aliphatic heterocycles. The second-order valence-electron chi connectivity index (χ2n) is 6.73. The van der Waals surface area contributed by atoms with Gasteiger partial charge in [-0.15, -0.1) is 11.3 Å². The Morgan fingerprint density at radius 2 is 2.09 bits per heavy atom. The molecule has 3 aromatic rings. The maximum absolute atomic E-state index is 4.47. The SMILES string of the molecule is CC(C)(C)n1cc(Nc2ncnc3sc4c(c23)CCC4)cn1.